The molecule has 3 nitrogen and oxygen atoms in total. The summed E-state index contributed by atoms with van der Waals surface area (Å²) >= 11 is 0. The van der Waals surface area contributed by atoms with E-state index in [-0.39, 0.29) is 17.9 Å². The Morgan fingerprint density at radius 1 is 1.24 bits per heavy atom. The number of piperidine rings is 1. The van der Waals surface area contributed by atoms with Crippen LogP contribution in [0, 0.1) is 5.92 Å². The molecular formula is C14H23NO2. The van der Waals surface area contributed by atoms with Crippen molar-refractivity contribution < 1.29 is 9.59 Å². The first-order valence-electron chi connectivity index (χ1n) is 7.06. The minimum Gasteiger partial charge on any atom is -0.339 e. The summed E-state index contributed by atoms with van der Waals surface area (Å²) in [6.07, 6.45) is 7.79. The van der Waals surface area contributed by atoms with Crippen LogP contribution in [0.4, 0.5) is 0 Å². The number of hydrogen-bond acceptors (Lipinski definition) is 2. The molecule has 1 aliphatic carbocycles. The molecule has 0 radical (unpaired) electrons. The molecule has 0 bridgehead atoms. The van der Waals surface area contributed by atoms with Gasteiger partial charge in [-0.25, -0.2) is 0 Å². The SMILES string of the molecule is CCC(=O)N1CCCCC1C1CCCCC1=O. The van der Waals surface area contributed by atoms with Gasteiger partial charge in [-0.05, 0) is 32.1 Å². The number of hydrogen-bond donors (Lipinski definition) is 0. The summed E-state index contributed by atoms with van der Waals surface area (Å²) < 4.78 is 0. The third-order valence-electron chi connectivity index (χ3n) is 4.24. The van der Waals surface area contributed by atoms with Crippen LogP contribution in [0.1, 0.15) is 58.3 Å². The van der Waals surface area contributed by atoms with Crippen molar-refractivity contribution in [3.8, 4) is 0 Å². The van der Waals surface area contributed by atoms with Crippen LogP contribution < -0.4 is 0 Å². The molecule has 1 amide bonds. The van der Waals surface area contributed by atoms with Gasteiger partial charge in [0.15, 0.2) is 0 Å². The predicted molar refractivity (Wildman–Crippen MR) is 66.6 cm³/mol. The van der Waals surface area contributed by atoms with Crippen molar-refractivity contribution in [1.29, 1.82) is 0 Å². The second-order valence-corrected chi connectivity index (χ2v) is 5.32. The Morgan fingerprint density at radius 3 is 2.71 bits per heavy atom. The Morgan fingerprint density at radius 2 is 2.00 bits per heavy atom. The molecule has 2 rings (SSSR count). The van der Waals surface area contributed by atoms with E-state index < -0.39 is 0 Å². The average molecular weight is 237 g/mol. The van der Waals surface area contributed by atoms with Gasteiger partial charge in [0.2, 0.25) is 5.91 Å². The van der Waals surface area contributed by atoms with Crippen molar-refractivity contribution in [2.75, 3.05) is 6.54 Å². The molecular weight excluding hydrogens is 214 g/mol. The number of nitrogens with zero attached hydrogens (tertiary/aromatic N) is 1. The Hall–Kier alpha value is -0.860. The van der Waals surface area contributed by atoms with E-state index >= 15 is 0 Å². The Kier molecular flexibility index (Phi) is 4.19. The monoisotopic (exact) mass is 237 g/mol. The van der Waals surface area contributed by atoms with Gasteiger partial charge in [0.25, 0.3) is 0 Å². The minimum absolute atomic E-state index is 0.138. The maximum absolute atomic E-state index is 12.0. The summed E-state index contributed by atoms with van der Waals surface area (Å²) in [4.78, 5) is 26.0. The Balaban J connectivity index is 2.09. The van der Waals surface area contributed by atoms with Gasteiger partial charge < -0.3 is 4.90 Å². The van der Waals surface area contributed by atoms with Crippen LogP contribution in [0.5, 0.6) is 0 Å². The second kappa shape index (κ2) is 5.65. The first-order chi connectivity index (χ1) is 8.24. The molecule has 3 heteroatoms. The standard InChI is InChI=1S/C14H23NO2/c1-2-14(17)15-10-6-5-8-12(15)11-7-3-4-9-13(11)16/h11-12H,2-10H2,1H3. The fraction of sp³-hybridized carbons (Fsp3) is 0.857. The third-order valence-corrected chi connectivity index (χ3v) is 4.24. The topological polar surface area (TPSA) is 37.4 Å². The van der Waals surface area contributed by atoms with Gasteiger partial charge in [0.05, 0.1) is 0 Å². The number of likely N-dealkylation sites (tertiary alicyclic amines) is 1. The van der Waals surface area contributed by atoms with Crippen LogP contribution in [0.3, 0.4) is 0 Å². The van der Waals surface area contributed by atoms with Gasteiger partial charge in [-0.1, -0.05) is 13.3 Å². The van der Waals surface area contributed by atoms with Crippen LogP contribution in [-0.2, 0) is 9.59 Å². The number of ketones is 1. The quantitative estimate of drug-likeness (QED) is 0.740. The molecule has 2 unspecified atom stereocenters. The van der Waals surface area contributed by atoms with Crippen molar-refractivity contribution >= 4 is 11.7 Å². The molecule has 96 valence electrons. The molecule has 2 fully saturated rings. The molecule has 2 aliphatic rings. The van der Waals surface area contributed by atoms with Gasteiger partial charge in [0.1, 0.15) is 5.78 Å². The molecule has 1 aliphatic heterocycles. The molecule has 0 aromatic heterocycles. The van der Waals surface area contributed by atoms with Crippen LogP contribution in [0.2, 0.25) is 0 Å². The summed E-state index contributed by atoms with van der Waals surface area (Å²) in [5, 5.41) is 0. The first-order valence-corrected chi connectivity index (χ1v) is 7.06. The van der Waals surface area contributed by atoms with E-state index in [0.29, 0.717) is 12.2 Å². The second-order valence-electron chi connectivity index (χ2n) is 5.32. The summed E-state index contributed by atoms with van der Waals surface area (Å²) in [5.74, 6) is 0.768. The third kappa shape index (κ3) is 2.70. The number of carbonyl (C=O) groups is 2. The Bertz CT molecular complexity index is 285. The fourth-order valence-electron chi connectivity index (χ4n) is 3.31. The van der Waals surface area contributed by atoms with Crippen LogP contribution in [0.15, 0.2) is 0 Å². The largest absolute Gasteiger partial charge is 0.339 e. The predicted octanol–water partition coefficient (Wildman–Crippen LogP) is 2.54. The minimum atomic E-state index is 0.138. The lowest BCUT2D eigenvalue weighted by atomic mass is 9.79. The van der Waals surface area contributed by atoms with Crippen LogP contribution in [-0.4, -0.2) is 29.2 Å². The highest BCUT2D eigenvalue weighted by atomic mass is 16.2. The van der Waals surface area contributed by atoms with Crippen molar-refractivity contribution in [1.82, 2.24) is 4.90 Å². The van der Waals surface area contributed by atoms with E-state index in [1.807, 2.05) is 11.8 Å². The van der Waals surface area contributed by atoms with Gasteiger partial charge in [0, 0.05) is 31.3 Å². The van der Waals surface area contributed by atoms with Crippen molar-refractivity contribution in [2.45, 2.75) is 64.3 Å². The van der Waals surface area contributed by atoms with Gasteiger partial charge in [-0.15, -0.1) is 0 Å². The van der Waals surface area contributed by atoms with Gasteiger partial charge in [-0.3, -0.25) is 9.59 Å². The zero-order valence-electron chi connectivity index (χ0n) is 10.8. The van der Waals surface area contributed by atoms with Crippen molar-refractivity contribution in [3.05, 3.63) is 0 Å². The highest BCUT2D eigenvalue weighted by molar-refractivity contribution is 5.84. The molecule has 0 N–H and O–H groups in total. The van der Waals surface area contributed by atoms with Crippen LogP contribution in [0.25, 0.3) is 0 Å². The first kappa shape index (κ1) is 12.6. The smallest absolute Gasteiger partial charge is 0.222 e. The number of carbonyl (C=O) groups excluding carboxylic acids is 2. The van der Waals surface area contributed by atoms with E-state index in [1.165, 1.54) is 6.42 Å². The molecule has 0 spiro atoms. The van der Waals surface area contributed by atoms with E-state index in [0.717, 1.165) is 45.1 Å². The Labute approximate surface area is 104 Å². The van der Waals surface area contributed by atoms with E-state index in [1.54, 1.807) is 0 Å². The molecule has 17 heavy (non-hydrogen) atoms. The van der Waals surface area contributed by atoms with Crippen molar-refractivity contribution in [2.24, 2.45) is 5.92 Å². The lowest BCUT2D eigenvalue weighted by Crippen LogP contribution is -2.50. The molecule has 0 aromatic carbocycles. The van der Waals surface area contributed by atoms with E-state index in [9.17, 15) is 9.59 Å². The summed E-state index contributed by atoms with van der Waals surface area (Å²) in [5.41, 5.74) is 0. The number of amides is 1. The maximum Gasteiger partial charge on any atom is 0.222 e. The molecule has 2 atom stereocenters. The summed E-state index contributed by atoms with van der Waals surface area (Å²) in [7, 11) is 0. The van der Waals surface area contributed by atoms with E-state index in [4.69, 9.17) is 0 Å². The zero-order valence-corrected chi connectivity index (χ0v) is 10.8. The fourth-order valence-corrected chi connectivity index (χ4v) is 3.31. The maximum atomic E-state index is 12.0. The highest BCUT2D eigenvalue weighted by Crippen LogP contribution is 2.31. The average Bonchev–Trinajstić information content (AvgIpc) is 2.38. The number of Topliss-reactive ketones (excluding diaryl/α,β-unsaturated/α-hetero) is 1. The van der Waals surface area contributed by atoms with Gasteiger partial charge >= 0.3 is 0 Å². The number of rotatable bonds is 2. The molecule has 1 saturated carbocycles. The highest BCUT2D eigenvalue weighted by Gasteiger charge is 2.36. The zero-order chi connectivity index (χ0) is 12.3. The molecule has 0 aromatic rings. The molecule has 1 saturated heterocycles. The van der Waals surface area contributed by atoms with Crippen LogP contribution >= 0.6 is 0 Å². The summed E-state index contributed by atoms with van der Waals surface area (Å²) in [6, 6.07) is 0.212. The van der Waals surface area contributed by atoms with Crippen molar-refractivity contribution in [3.63, 3.8) is 0 Å². The molecule has 1 heterocycles. The van der Waals surface area contributed by atoms with Gasteiger partial charge in [-0.2, -0.15) is 0 Å². The normalized spacial score (nSPS) is 30.4. The summed E-state index contributed by atoms with van der Waals surface area (Å²) in [6.45, 7) is 2.78. The lowest BCUT2D eigenvalue weighted by molar-refractivity contribution is -0.139. The lowest BCUT2D eigenvalue weighted by Gasteiger charge is -2.41. The van der Waals surface area contributed by atoms with E-state index in [2.05, 4.69) is 0 Å².